The maximum atomic E-state index is 10.2. The van der Waals surface area contributed by atoms with Crippen LogP contribution >= 0.6 is 11.6 Å². The maximum absolute atomic E-state index is 10.2. The highest BCUT2D eigenvalue weighted by Gasteiger charge is 2.00. The van der Waals surface area contributed by atoms with Gasteiger partial charge in [-0.2, -0.15) is 0 Å². The molecule has 0 amide bonds. The number of nitrogens with zero attached hydrogens (tertiary/aromatic N) is 2. The number of aldehydes is 1. The van der Waals surface area contributed by atoms with Gasteiger partial charge in [0, 0.05) is 23.8 Å². The van der Waals surface area contributed by atoms with Gasteiger partial charge in [0.05, 0.1) is 5.69 Å². The molecule has 0 spiro atoms. The zero-order valence-electron chi connectivity index (χ0n) is 6.77. The van der Waals surface area contributed by atoms with Gasteiger partial charge in [-0.05, 0) is 12.1 Å². The summed E-state index contributed by atoms with van der Waals surface area (Å²) in [7, 11) is 0. The van der Waals surface area contributed by atoms with Crippen molar-refractivity contribution in [2.75, 3.05) is 0 Å². The SMILES string of the molecule is O=CCc1cn2ccc(Cl)cc2n1. The fourth-order valence-electron chi connectivity index (χ4n) is 1.19. The summed E-state index contributed by atoms with van der Waals surface area (Å²) < 4.78 is 1.84. The van der Waals surface area contributed by atoms with E-state index in [-0.39, 0.29) is 0 Å². The van der Waals surface area contributed by atoms with Crippen LogP contribution in [-0.4, -0.2) is 15.7 Å². The summed E-state index contributed by atoms with van der Waals surface area (Å²) in [5.74, 6) is 0. The summed E-state index contributed by atoms with van der Waals surface area (Å²) in [5, 5.41) is 0.649. The van der Waals surface area contributed by atoms with Crippen LogP contribution in [-0.2, 0) is 11.2 Å². The zero-order valence-corrected chi connectivity index (χ0v) is 7.53. The van der Waals surface area contributed by atoms with E-state index in [1.54, 1.807) is 12.1 Å². The van der Waals surface area contributed by atoms with Gasteiger partial charge in [-0.1, -0.05) is 11.6 Å². The first-order valence-electron chi connectivity index (χ1n) is 3.86. The van der Waals surface area contributed by atoms with Crippen LogP contribution in [0.4, 0.5) is 0 Å². The van der Waals surface area contributed by atoms with E-state index in [2.05, 4.69) is 4.98 Å². The summed E-state index contributed by atoms with van der Waals surface area (Å²) in [6, 6.07) is 3.54. The second-order valence-electron chi connectivity index (χ2n) is 2.71. The molecule has 0 aliphatic rings. The Morgan fingerprint density at radius 2 is 2.46 bits per heavy atom. The van der Waals surface area contributed by atoms with Crippen LogP contribution in [0.1, 0.15) is 5.69 Å². The molecule has 0 bridgehead atoms. The summed E-state index contributed by atoms with van der Waals surface area (Å²) in [5.41, 5.74) is 1.53. The molecular formula is C9H7ClN2O. The molecule has 4 heteroatoms. The lowest BCUT2D eigenvalue weighted by Gasteiger charge is -1.90. The summed E-state index contributed by atoms with van der Waals surface area (Å²) in [6.07, 6.45) is 4.82. The minimum atomic E-state index is 0.347. The van der Waals surface area contributed by atoms with Gasteiger partial charge >= 0.3 is 0 Å². The molecule has 2 aromatic heterocycles. The third kappa shape index (κ3) is 1.55. The van der Waals surface area contributed by atoms with Gasteiger partial charge in [-0.25, -0.2) is 4.98 Å². The minimum Gasteiger partial charge on any atom is -0.307 e. The number of fused-ring (bicyclic) bond motifs is 1. The molecule has 0 saturated carbocycles. The zero-order chi connectivity index (χ0) is 9.26. The Morgan fingerprint density at radius 1 is 1.62 bits per heavy atom. The van der Waals surface area contributed by atoms with Crippen molar-refractivity contribution in [1.82, 2.24) is 9.38 Å². The Labute approximate surface area is 80.0 Å². The smallest absolute Gasteiger partial charge is 0.138 e. The lowest BCUT2D eigenvalue weighted by Crippen LogP contribution is -1.83. The first-order chi connectivity index (χ1) is 6.29. The Balaban J connectivity index is 2.55. The van der Waals surface area contributed by atoms with E-state index < -0.39 is 0 Å². The topological polar surface area (TPSA) is 34.4 Å². The van der Waals surface area contributed by atoms with E-state index in [1.165, 1.54) is 0 Å². The quantitative estimate of drug-likeness (QED) is 0.683. The lowest BCUT2D eigenvalue weighted by molar-refractivity contribution is -0.107. The Bertz CT molecular complexity index is 450. The Morgan fingerprint density at radius 3 is 3.23 bits per heavy atom. The Kier molecular flexibility index (Phi) is 2.02. The standard InChI is InChI=1S/C9H7ClN2O/c10-7-1-3-12-6-8(2-4-13)11-9(12)5-7/h1,3-6H,2H2. The summed E-state index contributed by atoms with van der Waals surface area (Å²) >= 11 is 5.78. The van der Waals surface area contributed by atoms with Gasteiger partial charge in [0.15, 0.2) is 0 Å². The number of aromatic nitrogens is 2. The second kappa shape index (κ2) is 3.18. The molecule has 0 aromatic carbocycles. The van der Waals surface area contributed by atoms with Crippen molar-refractivity contribution < 1.29 is 4.79 Å². The van der Waals surface area contributed by atoms with Crippen LogP contribution in [0.3, 0.4) is 0 Å². The summed E-state index contributed by atoms with van der Waals surface area (Å²) in [4.78, 5) is 14.5. The number of carbonyl (C=O) groups is 1. The average Bonchev–Trinajstić information content (AvgIpc) is 2.46. The number of hydrogen-bond donors (Lipinski definition) is 0. The molecule has 0 radical (unpaired) electrons. The van der Waals surface area contributed by atoms with Crippen LogP contribution in [0.5, 0.6) is 0 Å². The molecule has 66 valence electrons. The van der Waals surface area contributed by atoms with Crippen molar-refractivity contribution in [3.63, 3.8) is 0 Å². The van der Waals surface area contributed by atoms with Gasteiger partial charge in [-0.3, -0.25) is 0 Å². The molecule has 3 nitrogen and oxygen atoms in total. The van der Waals surface area contributed by atoms with Crippen molar-refractivity contribution in [2.45, 2.75) is 6.42 Å². The van der Waals surface area contributed by atoms with Crippen molar-refractivity contribution in [2.24, 2.45) is 0 Å². The molecule has 2 rings (SSSR count). The van der Waals surface area contributed by atoms with E-state index in [0.29, 0.717) is 11.4 Å². The minimum absolute atomic E-state index is 0.347. The van der Waals surface area contributed by atoms with Crippen LogP contribution < -0.4 is 0 Å². The van der Waals surface area contributed by atoms with Crippen LogP contribution in [0.2, 0.25) is 5.02 Å². The highest BCUT2D eigenvalue weighted by Crippen LogP contribution is 2.12. The van der Waals surface area contributed by atoms with E-state index >= 15 is 0 Å². The number of carbonyl (C=O) groups excluding carboxylic acids is 1. The normalized spacial score (nSPS) is 10.5. The Hall–Kier alpha value is -1.35. The first kappa shape index (κ1) is 8.26. The first-order valence-corrected chi connectivity index (χ1v) is 4.24. The van der Waals surface area contributed by atoms with E-state index in [1.807, 2.05) is 16.8 Å². The predicted molar refractivity (Wildman–Crippen MR) is 50.0 cm³/mol. The number of rotatable bonds is 2. The van der Waals surface area contributed by atoms with Gasteiger partial charge in [0.25, 0.3) is 0 Å². The van der Waals surface area contributed by atoms with Crippen LogP contribution in [0, 0.1) is 0 Å². The van der Waals surface area contributed by atoms with Gasteiger partial charge < -0.3 is 9.20 Å². The monoisotopic (exact) mass is 194 g/mol. The third-order valence-corrected chi connectivity index (χ3v) is 2.00. The number of hydrogen-bond acceptors (Lipinski definition) is 2. The largest absolute Gasteiger partial charge is 0.307 e. The van der Waals surface area contributed by atoms with Crippen molar-refractivity contribution in [1.29, 1.82) is 0 Å². The van der Waals surface area contributed by atoms with E-state index in [4.69, 9.17) is 11.6 Å². The molecule has 0 fully saturated rings. The molecule has 2 aromatic rings. The van der Waals surface area contributed by atoms with Crippen LogP contribution in [0.25, 0.3) is 5.65 Å². The molecule has 0 saturated heterocycles. The van der Waals surface area contributed by atoms with Gasteiger partial charge in [0.1, 0.15) is 11.9 Å². The average molecular weight is 195 g/mol. The van der Waals surface area contributed by atoms with E-state index in [9.17, 15) is 4.79 Å². The molecule has 0 atom stereocenters. The highest BCUT2D eigenvalue weighted by molar-refractivity contribution is 6.30. The molecule has 0 aliphatic heterocycles. The predicted octanol–water partition coefficient (Wildman–Crippen LogP) is 1.73. The highest BCUT2D eigenvalue weighted by atomic mass is 35.5. The number of pyridine rings is 1. The van der Waals surface area contributed by atoms with Crippen molar-refractivity contribution in [3.05, 3.63) is 35.2 Å². The maximum Gasteiger partial charge on any atom is 0.138 e. The van der Waals surface area contributed by atoms with E-state index in [0.717, 1.165) is 17.6 Å². The molecule has 13 heavy (non-hydrogen) atoms. The van der Waals surface area contributed by atoms with Crippen molar-refractivity contribution >= 4 is 23.5 Å². The van der Waals surface area contributed by atoms with Crippen molar-refractivity contribution in [3.8, 4) is 0 Å². The molecular weight excluding hydrogens is 188 g/mol. The fraction of sp³-hybridized carbons (Fsp3) is 0.111. The van der Waals surface area contributed by atoms with Gasteiger partial charge in [0.2, 0.25) is 0 Å². The fourth-order valence-corrected chi connectivity index (χ4v) is 1.35. The van der Waals surface area contributed by atoms with Crippen LogP contribution in [0.15, 0.2) is 24.5 Å². The third-order valence-electron chi connectivity index (χ3n) is 1.76. The number of imidazole rings is 1. The molecule has 0 aliphatic carbocycles. The van der Waals surface area contributed by atoms with Gasteiger partial charge in [-0.15, -0.1) is 0 Å². The second-order valence-corrected chi connectivity index (χ2v) is 3.15. The molecule has 2 heterocycles. The molecule has 0 N–H and O–H groups in total. The summed E-state index contributed by atoms with van der Waals surface area (Å²) in [6.45, 7) is 0. The number of halogens is 1. The lowest BCUT2D eigenvalue weighted by atomic mass is 10.4. The molecule has 0 unspecified atom stereocenters.